The van der Waals surface area contributed by atoms with Crippen LogP contribution in [0.1, 0.15) is 79.4 Å². The number of benzene rings is 1. The van der Waals surface area contributed by atoms with Crippen LogP contribution in [0.2, 0.25) is 0 Å². The topological polar surface area (TPSA) is 66.5 Å². The minimum Gasteiger partial charge on any atom is -0.349 e. The Hall–Kier alpha value is -1.86. The minimum absolute atomic E-state index is 0.00174. The van der Waals surface area contributed by atoms with Gasteiger partial charge in [0.2, 0.25) is 10.0 Å². The van der Waals surface area contributed by atoms with Crippen molar-refractivity contribution in [3.8, 4) is 10.4 Å². The van der Waals surface area contributed by atoms with Gasteiger partial charge in [-0.1, -0.05) is 56.7 Å². The van der Waals surface area contributed by atoms with E-state index in [0.717, 1.165) is 77.9 Å². The number of thiophene rings is 1. The average Bonchev–Trinajstić information content (AvgIpc) is 3.48. The molecule has 5 nitrogen and oxygen atoms in total. The number of nitrogens with zero attached hydrogens (tertiary/aromatic N) is 1. The van der Waals surface area contributed by atoms with Crippen molar-refractivity contribution in [2.75, 3.05) is 10.8 Å². The van der Waals surface area contributed by atoms with Crippen molar-refractivity contribution in [1.82, 2.24) is 5.32 Å². The molecular weight excluding hydrogens is 440 g/mol. The zero-order valence-corrected chi connectivity index (χ0v) is 20.1. The highest BCUT2D eigenvalue weighted by Crippen LogP contribution is 2.43. The van der Waals surface area contributed by atoms with Gasteiger partial charge < -0.3 is 5.32 Å². The van der Waals surface area contributed by atoms with Crippen molar-refractivity contribution >= 4 is 33.0 Å². The molecule has 2 saturated carbocycles. The summed E-state index contributed by atoms with van der Waals surface area (Å²) in [4.78, 5) is 14.4. The van der Waals surface area contributed by atoms with Crippen LogP contribution >= 0.6 is 11.3 Å². The van der Waals surface area contributed by atoms with Crippen molar-refractivity contribution < 1.29 is 13.2 Å². The number of hydrogen-bond donors (Lipinski definition) is 1. The standard InChI is InChI=1S/C25H32N2O3S2/c28-25(26-19-13-14-19)23-17-18-15-16-27(22-12-8-7-11-21(22)24(18)31-23)32(29,30)20-9-5-3-1-2-4-6-10-20/h7-8,11-12,17,19-20H,1-6,9-10,13-16H2,(H,26,28). The SMILES string of the molecule is O=C(NC1CC1)c1cc2c(s1)-c1ccccc1N(S(=O)(=O)C1CCCCCCCC1)CC2. The van der Waals surface area contributed by atoms with E-state index in [4.69, 9.17) is 0 Å². The number of para-hydroxylation sites is 1. The summed E-state index contributed by atoms with van der Waals surface area (Å²) in [5.41, 5.74) is 2.78. The van der Waals surface area contributed by atoms with Crippen LogP contribution in [-0.4, -0.2) is 32.2 Å². The van der Waals surface area contributed by atoms with Crippen molar-refractivity contribution in [2.45, 2.75) is 81.9 Å². The maximum atomic E-state index is 13.9. The van der Waals surface area contributed by atoms with Crippen LogP contribution in [-0.2, 0) is 16.4 Å². The van der Waals surface area contributed by atoms with Crippen LogP contribution in [0.3, 0.4) is 0 Å². The second-order valence-electron chi connectivity index (χ2n) is 9.42. The predicted molar refractivity (Wildman–Crippen MR) is 131 cm³/mol. The molecule has 1 aromatic heterocycles. The number of sulfonamides is 1. The van der Waals surface area contributed by atoms with Crippen LogP contribution in [0, 0.1) is 0 Å². The third-order valence-electron chi connectivity index (χ3n) is 6.98. The Morgan fingerprint density at radius 1 is 0.969 bits per heavy atom. The number of anilines is 1. The molecule has 7 heteroatoms. The number of nitrogens with one attached hydrogen (secondary N) is 1. The summed E-state index contributed by atoms with van der Waals surface area (Å²) in [6, 6.07) is 10.1. The molecule has 0 spiro atoms. The van der Waals surface area contributed by atoms with Gasteiger partial charge in [-0.05, 0) is 49.8 Å². The number of hydrogen-bond acceptors (Lipinski definition) is 4. The van der Waals surface area contributed by atoms with Gasteiger partial charge in [-0.2, -0.15) is 0 Å². The molecule has 5 rings (SSSR count). The normalized spacial score (nSPS) is 20.3. The molecule has 0 unspecified atom stereocenters. The lowest BCUT2D eigenvalue weighted by Crippen LogP contribution is -2.40. The predicted octanol–water partition coefficient (Wildman–Crippen LogP) is 5.50. The van der Waals surface area contributed by atoms with Crippen molar-refractivity contribution in [2.24, 2.45) is 0 Å². The Bertz CT molecular complexity index is 1080. The number of amides is 1. The zero-order chi connectivity index (χ0) is 22.1. The summed E-state index contributed by atoms with van der Waals surface area (Å²) in [6.45, 7) is 0.434. The number of carbonyl (C=O) groups is 1. The molecule has 0 radical (unpaired) electrons. The number of rotatable bonds is 4. The van der Waals surface area contributed by atoms with E-state index in [1.165, 1.54) is 24.2 Å². The molecule has 0 atom stereocenters. The van der Waals surface area contributed by atoms with Gasteiger partial charge in [-0.15, -0.1) is 11.3 Å². The van der Waals surface area contributed by atoms with E-state index in [2.05, 4.69) is 5.32 Å². The minimum atomic E-state index is -3.45. The largest absolute Gasteiger partial charge is 0.349 e. The van der Waals surface area contributed by atoms with Gasteiger partial charge in [0.25, 0.3) is 5.91 Å². The van der Waals surface area contributed by atoms with Crippen molar-refractivity contribution in [3.05, 3.63) is 40.8 Å². The molecule has 2 aromatic rings. The fourth-order valence-electron chi connectivity index (χ4n) is 5.00. The molecule has 1 aliphatic heterocycles. The van der Waals surface area contributed by atoms with Crippen LogP contribution in [0.5, 0.6) is 0 Å². The van der Waals surface area contributed by atoms with Crippen LogP contribution < -0.4 is 9.62 Å². The Labute approximate surface area is 195 Å². The summed E-state index contributed by atoms with van der Waals surface area (Å²) in [7, 11) is -3.45. The van der Waals surface area contributed by atoms with Gasteiger partial charge >= 0.3 is 0 Å². The molecule has 172 valence electrons. The third kappa shape index (κ3) is 4.46. The summed E-state index contributed by atoms with van der Waals surface area (Å²) < 4.78 is 29.4. The van der Waals surface area contributed by atoms with Gasteiger partial charge in [0.1, 0.15) is 0 Å². The first kappa shape index (κ1) is 22.0. The molecule has 1 N–H and O–H groups in total. The first-order valence-corrected chi connectivity index (χ1v) is 14.4. The fourth-order valence-corrected chi connectivity index (χ4v) is 8.22. The van der Waals surface area contributed by atoms with Gasteiger partial charge in [0.15, 0.2) is 0 Å². The van der Waals surface area contributed by atoms with Gasteiger partial charge in [0.05, 0.1) is 15.8 Å². The molecule has 2 fully saturated rings. The quantitative estimate of drug-likeness (QED) is 0.639. The first-order valence-electron chi connectivity index (χ1n) is 12.1. The summed E-state index contributed by atoms with van der Waals surface area (Å²) in [5.74, 6) is -0.00174. The molecule has 3 aliphatic rings. The molecule has 2 heterocycles. The second-order valence-corrected chi connectivity index (χ2v) is 12.6. The summed E-state index contributed by atoms with van der Waals surface area (Å²) >= 11 is 1.49. The van der Waals surface area contributed by atoms with E-state index >= 15 is 0 Å². The smallest absolute Gasteiger partial charge is 0.261 e. The lowest BCUT2D eigenvalue weighted by atomic mass is 10.1. The molecular formula is C25H32N2O3S2. The molecule has 1 amide bonds. The van der Waals surface area contributed by atoms with E-state index in [1.807, 2.05) is 30.3 Å². The van der Waals surface area contributed by atoms with E-state index in [1.54, 1.807) is 4.31 Å². The monoisotopic (exact) mass is 472 g/mol. The first-order chi connectivity index (χ1) is 15.5. The average molecular weight is 473 g/mol. The number of carbonyl (C=O) groups excluding carboxylic acids is 1. The second kappa shape index (κ2) is 9.18. The Morgan fingerprint density at radius 3 is 2.38 bits per heavy atom. The van der Waals surface area contributed by atoms with Crippen molar-refractivity contribution in [1.29, 1.82) is 0 Å². The van der Waals surface area contributed by atoms with Gasteiger partial charge in [-0.3, -0.25) is 9.10 Å². The highest BCUT2D eigenvalue weighted by Gasteiger charge is 2.35. The highest BCUT2D eigenvalue weighted by molar-refractivity contribution is 7.93. The van der Waals surface area contributed by atoms with E-state index < -0.39 is 10.0 Å². The zero-order valence-electron chi connectivity index (χ0n) is 18.5. The van der Waals surface area contributed by atoms with Crippen LogP contribution in [0.15, 0.2) is 30.3 Å². The highest BCUT2D eigenvalue weighted by atomic mass is 32.2. The molecule has 0 bridgehead atoms. The Kier molecular flexibility index (Phi) is 6.30. The maximum absolute atomic E-state index is 13.9. The summed E-state index contributed by atoms with van der Waals surface area (Å²) in [5, 5.41) is 2.77. The fraction of sp³-hybridized carbons (Fsp3) is 0.560. The Balaban J connectivity index is 1.47. The van der Waals surface area contributed by atoms with Crippen LogP contribution in [0.25, 0.3) is 10.4 Å². The molecule has 0 saturated heterocycles. The molecule has 32 heavy (non-hydrogen) atoms. The number of fused-ring (bicyclic) bond motifs is 3. The van der Waals surface area contributed by atoms with E-state index in [-0.39, 0.29) is 11.2 Å². The lowest BCUT2D eigenvalue weighted by Gasteiger charge is -2.29. The van der Waals surface area contributed by atoms with Crippen molar-refractivity contribution in [3.63, 3.8) is 0 Å². The third-order valence-corrected chi connectivity index (χ3v) is 10.5. The van der Waals surface area contributed by atoms with Gasteiger partial charge in [-0.25, -0.2) is 8.42 Å². The maximum Gasteiger partial charge on any atom is 0.261 e. The lowest BCUT2D eigenvalue weighted by molar-refractivity contribution is 0.0955. The van der Waals surface area contributed by atoms with E-state index in [0.29, 0.717) is 19.0 Å². The van der Waals surface area contributed by atoms with Crippen LogP contribution in [0.4, 0.5) is 5.69 Å². The molecule has 2 aliphatic carbocycles. The van der Waals surface area contributed by atoms with Gasteiger partial charge in [0, 0.05) is 23.0 Å². The molecule has 1 aromatic carbocycles. The van der Waals surface area contributed by atoms with E-state index in [9.17, 15) is 13.2 Å². The Morgan fingerprint density at radius 2 is 1.66 bits per heavy atom. The summed E-state index contributed by atoms with van der Waals surface area (Å²) in [6.07, 6.45) is 11.0.